The number of nitrogens with one attached hydrogen (secondary N) is 1. The molecule has 2 aromatic rings. The Morgan fingerprint density at radius 3 is 2.89 bits per heavy atom. The van der Waals surface area contributed by atoms with E-state index in [0.29, 0.717) is 22.5 Å². The smallest absolute Gasteiger partial charge is 0.274 e. The van der Waals surface area contributed by atoms with Crippen LogP contribution in [0, 0.1) is 11.7 Å². The number of rotatable bonds is 1. The second-order valence-electron chi connectivity index (χ2n) is 5.24. The molecule has 1 saturated heterocycles. The van der Waals surface area contributed by atoms with E-state index in [1.54, 1.807) is 11.0 Å². The topological polar surface area (TPSA) is 49.0 Å². The summed E-state index contributed by atoms with van der Waals surface area (Å²) in [5.41, 5.74) is 1.01. The summed E-state index contributed by atoms with van der Waals surface area (Å²) in [6.45, 7) is 3.70. The Morgan fingerprint density at radius 1 is 1.42 bits per heavy atom. The Balaban J connectivity index is 1.91. The van der Waals surface area contributed by atoms with Crippen LogP contribution in [0.15, 0.2) is 18.2 Å². The minimum atomic E-state index is -0.352. The van der Waals surface area contributed by atoms with E-state index in [4.69, 9.17) is 0 Å². The van der Waals surface area contributed by atoms with Gasteiger partial charge >= 0.3 is 0 Å². The molecule has 1 aliphatic heterocycles. The van der Waals surface area contributed by atoms with Crippen molar-refractivity contribution >= 4 is 16.8 Å². The predicted octanol–water partition coefficient (Wildman–Crippen LogP) is 2.57. The lowest BCUT2D eigenvalue weighted by Crippen LogP contribution is -2.38. The summed E-state index contributed by atoms with van der Waals surface area (Å²) in [7, 11) is 0. The van der Waals surface area contributed by atoms with E-state index in [2.05, 4.69) is 17.1 Å². The van der Waals surface area contributed by atoms with Gasteiger partial charge in [0.1, 0.15) is 5.82 Å². The summed E-state index contributed by atoms with van der Waals surface area (Å²) in [6.07, 6.45) is 2.03. The fourth-order valence-corrected chi connectivity index (χ4v) is 2.51. The van der Waals surface area contributed by atoms with Crippen LogP contribution in [0.2, 0.25) is 0 Å². The molecule has 1 aromatic heterocycles. The van der Waals surface area contributed by atoms with Crippen LogP contribution >= 0.6 is 0 Å². The number of amides is 1. The number of H-pyrrole nitrogens is 1. The van der Waals surface area contributed by atoms with Gasteiger partial charge in [0.25, 0.3) is 5.91 Å². The zero-order valence-electron chi connectivity index (χ0n) is 10.8. The summed E-state index contributed by atoms with van der Waals surface area (Å²) in [5.74, 6) is 0.205. The molecule has 4 nitrogen and oxygen atoms in total. The first-order valence-corrected chi connectivity index (χ1v) is 6.58. The highest BCUT2D eigenvalue weighted by Gasteiger charge is 2.24. The maximum Gasteiger partial charge on any atom is 0.274 e. The number of halogens is 1. The number of benzene rings is 1. The molecule has 19 heavy (non-hydrogen) atoms. The highest BCUT2D eigenvalue weighted by Crippen LogP contribution is 2.22. The van der Waals surface area contributed by atoms with Gasteiger partial charge in [0.05, 0.1) is 5.52 Å². The van der Waals surface area contributed by atoms with Crippen molar-refractivity contribution in [1.29, 1.82) is 0 Å². The predicted molar refractivity (Wildman–Crippen MR) is 70.4 cm³/mol. The van der Waals surface area contributed by atoms with Crippen molar-refractivity contribution in [3.8, 4) is 0 Å². The lowest BCUT2D eigenvalue weighted by Gasteiger charge is -2.29. The molecule has 1 amide bonds. The van der Waals surface area contributed by atoms with E-state index in [1.165, 1.54) is 12.1 Å². The molecule has 3 rings (SSSR count). The first-order chi connectivity index (χ1) is 9.15. The fraction of sp³-hybridized carbons (Fsp3) is 0.429. The minimum absolute atomic E-state index is 0.108. The van der Waals surface area contributed by atoms with E-state index in [1.807, 2.05) is 0 Å². The first-order valence-electron chi connectivity index (χ1n) is 6.58. The molecule has 1 N–H and O–H groups in total. The largest absolute Gasteiger partial charge is 0.337 e. The van der Waals surface area contributed by atoms with Crippen LogP contribution in [0.1, 0.15) is 30.3 Å². The van der Waals surface area contributed by atoms with Crippen molar-refractivity contribution in [2.45, 2.75) is 19.8 Å². The third-order valence-corrected chi connectivity index (χ3v) is 3.80. The molecule has 0 saturated carbocycles. The van der Waals surface area contributed by atoms with Crippen LogP contribution < -0.4 is 0 Å². The van der Waals surface area contributed by atoms with Gasteiger partial charge in [-0.25, -0.2) is 4.39 Å². The number of likely N-dealkylation sites (tertiary alicyclic amines) is 1. The molecule has 2 heterocycles. The molecule has 0 atom stereocenters. The van der Waals surface area contributed by atoms with Gasteiger partial charge in [-0.2, -0.15) is 5.10 Å². The molecule has 0 radical (unpaired) electrons. The normalized spacial score (nSPS) is 17.1. The molecule has 0 unspecified atom stereocenters. The van der Waals surface area contributed by atoms with E-state index >= 15 is 0 Å². The van der Waals surface area contributed by atoms with Gasteiger partial charge in [-0.1, -0.05) is 6.92 Å². The molecular formula is C14H16FN3O. The van der Waals surface area contributed by atoms with Crippen molar-refractivity contribution in [2.24, 2.45) is 5.92 Å². The number of carbonyl (C=O) groups is 1. The number of carbonyl (C=O) groups excluding carboxylic acids is 1. The average molecular weight is 261 g/mol. The number of aromatic nitrogens is 2. The number of hydrogen-bond donors (Lipinski definition) is 1. The van der Waals surface area contributed by atoms with Gasteiger partial charge in [0.15, 0.2) is 5.69 Å². The maximum atomic E-state index is 13.3. The van der Waals surface area contributed by atoms with Crippen molar-refractivity contribution in [2.75, 3.05) is 13.1 Å². The van der Waals surface area contributed by atoms with Gasteiger partial charge in [0, 0.05) is 18.5 Å². The monoisotopic (exact) mass is 261 g/mol. The molecule has 5 heteroatoms. The Kier molecular flexibility index (Phi) is 2.97. The quantitative estimate of drug-likeness (QED) is 0.857. The number of fused-ring (bicyclic) bond motifs is 1. The maximum absolute atomic E-state index is 13.3. The van der Waals surface area contributed by atoms with E-state index in [9.17, 15) is 9.18 Å². The highest BCUT2D eigenvalue weighted by molar-refractivity contribution is 6.04. The lowest BCUT2D eigenvalue weighted by molar-refractivity contribution is 0.0693. The molecule has 1 aliphatic rings. The van der Waals surface area contributed by atoms with Gasteiger partial charge in [0.2, 0.25) is 0 Å². The number of aromatic amines is 1. The number of hydrogen-bond acceptors (Lipinski definition) is 2. The van der Waals surface area contributed by atoms with Gasteiger partial charge < -0.3 is 4.90 Å². The van der Waals surface area contributed by atoms with Crippen LogP contribution in [-0.4, -0.2) is 34.1 Å². The zero-order valence-corrected chi connectivity index (χ0v) is 10.8. The Morgan fingerprint density at radius 2 is 2.16 bits per heavy atom. The molecular weight excluding hydrogens is 245 g/mol. The van der Waals surface area contributed by atoms with Crippen LogP contribution in [0.4, 0.5) is 4.39 Å². The molecule has 0 aliphatic carbocycles. The SMILES string of the molecule is CC1CCN(C(=O)c2n[nH]c3ccc(F)cc23)CC1. The fourth-order valence-electron chi connectivity index (χ4n) is 2.51. The molecule has 1 fully saturated rings. The Hall–Kier alpha value is -1.91. The Bertz CT molecular complexity index is 614. The first kappa shape index (κ1) is 12.1. The van der Waals surface area contributed by atoms with Crippen LogP contribution in [0.3, 0.4) is 0 Å². The van der Waals surface area contributed by atoms with Crippen LogP contribution in [-0.2, 0) is 0 Å². The van der Waals surface area contributed by atoms with Gasteiger partial charge in [-0.15, -0.1) is 0 Å². The zero-order chi connectivity index (χ0) is 13.4. The van der Waals surface area contributed by atoms with E-state index in [-0.39, 0.29) is 11.7 Å². The van der Waals surface area contributed by atoms with Crippen molar-refractivity contribution in [1.82, 2.24) is 15.1 Å². The summed E-state index contributed by atoms with van der Waals surface area (Å²) < 4.78 is 13.3. The van der Waals surface area contributed by atoms with Gasteiger partial charge in [-0.05, 0) is 37.0 Å². The molecule has 1 aromatic carbocycles. The van der Waals surface area contributed by atoms with Crippen LogP contribution in [0.25, 0.3) is 10.9 Å². The average Bonchev–Trinajstić information content (AvgIpc) is 2.81. The van der Waals surface area contributed by atoms with E-state index < -0.39 is 0 Å². The van der Waals surface area contributed by atoms with Crippen molar-refractivity contribution in [3.63, 3.8) is 0 Å². The van der Waals surface area contributed by atoms with E-state index in [0.717, 1.165) is 25.9 Å². The Labute approximate surface area is 110 Å². The lowest BCUT2D eigenvalue weighted by atomic mass is 9.99. The molecule has 0 bridgehead atoms. The number of piperidine rings is 1. The summed E-state index contributed by atoms with van der Waals surface area (Å²) in [4.78, 5) is 14.2. The summed E-state index contributed by atoms with van der Waals surface area (Å²) in [5, 5.41) is 7.39. The third-order valence-electron chi connectivity index (χ3n) is 3.80. The summed E-state index contributed by atoms with van der Waals surface area (Å²) in [6, 6.07) is 4.32. The van der Waals surface area contributed by atoms with Crippen molar-refractivity contribution in [3.05, 3.63) is 29.7 Å². The highest BCUT2D eigenvalue weighted by atomic mass is 19.1. The molecule has 100 valence electrons. The van der Waals surface area contributed by atoms with Crippen LogP contribution in [0.5, 0.6) is 0 Å². The molecule has 0 spiro atoms. The summed E-state index contributed by atoms with van der Waals surface area (Å²) >= 11 is 0. The third kappa shape index (κ3) is 2.20. The minimum Gasteiger partial charge on any atom is -0.337 e. The second kappa shape index (κ2) is 4.64. The second-order valence-corrected chi connectivity index (χ2v) is 5.24. The number of nitrogens with zero attached hydrogens (tertiary/aromatic N) is 2. The standard InChI is InChI=1S/C14H16FN3O/c1-9-4-6-18(7-5-9)14(19)13-11-8-10(15)2-3-12(11)16-17-13/h2-3,8-9H,4-7H2,1H3,(H,16,17). The van der Waals surface area contributed by atoms with Gasteiger partial charge in [-0.3, -0.25) is 9.89 Å². The van der Waals surface area contributed by atoms with Crippen molar-refractivity contribution < 1.29 is 9.18 Å².